The van der Waals surface area contributed by atoms with E-state index in [-0.39, 0.29) is 52.1 Å². The predicted molar refractivity (Wildman–Crippen MR) is 449 cm³/mol. The normalized spacial score (nSPS) is 14.2. The van der Waals surface area contributed by atoms with Crippen molar-refractivity contribution in [2.45, 2.75) is 130 Å². The molecule has 0 spiro atoms. The minimum absolute atomic E-state index is 0.0204. The van der Waals surface area contributed by atoms with Gasteiger partial charge in [-0.15, -0.1) is 0 Å². The Labute approximate surface area is 671 Å². The molecule has 0 saturated carbocycles. The number of amides is 8. The smallest absolute Gasteiger partial charge is 0.280 e. The fraction of sp³-hybridized carbons (Fsp3) is 0.250. The standard InChI is InChI=1S/C96H88N8O12/c1-5-9-13-41-113-85-61-45-63-51-70(98-102-91(107)75-35-19-27-58-28-20-36-76(82(58)75)92(102)108)53-65(86(63)114-42-14-10-6-2)47-67-55-72(100-104-95(111)79-39-23-31-60-32-24-40-80(84(60)79)96(104)112)56-68(88(67)116-44-16-12-8-4)48-66-54-71(99-103-93(109)77-37-21-29-59-30-22-38-78(83(59)77)94(103)110)52-64(87(66)115-43-15-11-7-3)46-62(85)50-69(49-61)97-101-89(105)73-33-17-25-57-26-18-34-74(81(57)73)90(101)106/h17-40,49-56,97-100H,5-16,41-48H2,1-4H3. The van der Waals surface area contributed by atoms with Gasteiger partial charge in [0.05, 0.1) is 93.7 Å². The molecule has 0 atom stereocenters. The number of hydrogen-bond acceptors (Lipinski definition) is 16. The number of hydrogen-bond donors (Lipinski definition) is 4. The van der Waals surface area contributed by atoms with Crippen LogP contribution >= 0.6 is 0 Å². The lowest BCUT2D eigenvalue weighted by molar-refractivity contribution is 0.0633. The molecule has 0 fully saturated rings. The average molecular weight is 1550 g/mol. The first-order chi connectivity index (χ1) is 56.7. The minimum Gasteiger partial charge on any atom is -0.493 e. The van der Waals surface area contributed by atoms with Gasteiger partial charge in [0.25, 0.3) is 47.3 Å². The van der Waals surface area contributed by atoms with Crippen LogP contribution in [0.25, 0.3) is 43.1 Å². The Morgan fingerprint density at radius 3 is 0.560 bits per heavy atom. The van der Waals surface area contributed by atoms with Crippen molar-refractivity contribution >= 4 is 113 Å². The summed E-state index contributed by atoms with van der Waals surface area (Å²) in [5.41, 5.74) is 22.1. The SMILES string of the molecule is CCCCCOc1c2cc(NN3C(=O)c4cccc5cccc(c45)C3=O)cc1Cc1cc(NN3C(=O)c4cccc5cccc(c45)C3=O)cc(c1OCCCCC)Cc1cc(NN3C(=O)c4cccc5cccc(c45)C3=O)cc(c1OCCCCC)Cc1cc(NN3C(=O)c4cccc5cccc(c45)C3=O)cc(c1OCCCCC)C2. The highest BCUT2D eigenvalue weighted by Crippen LogP contribution is 2.46. The summed E-state index contributed by atoms with van der Waals surface area (Å²) in [5.74, 6) is -2.64. The summed E-state index contributed by atoms with van der Waals surface area (Å²) < 4.78 is 29.2. The molecular formula is C96H88N8O12. The Kier molecular flexibility index (Phi) is 20.9. The van der Waals surface area contributed by atoms with Crippen LogP contribution in [0.15, 0.2) is 194 Å². The average Bonchev–Trinajstić information content (AvgIpc) is 0.758. The number of hydrazine groups is 4. The van der Waals surface area contributed by atoms with Crippen LogP contribution in [0.4, 0.5) is 22.7 Å². The van der Waals surface area contributed by atoms with E-state index < -0.39 is 47.3 Å². The molecule has 12 aromatic rings. The first-order valence-corrected chi connectivity index (χ1v) is 40.5. The van der Waals surface area contributed by atoms with Crippen LogP contribution in [-0.2, 0) is 25.7 Å². The lowest BCUT2D eigenvalue weighted by Crippen LogP contribution is -2.44. The maximum absolute atomic E-state index is 15.2. The third-order valence-electron chi connectivity index (χ3n) is 22.5. The Bertz CT molecular complexity index is 5040. The number of fused-ring (bicyclic) bond motifs is 8. The molecule has 4 aliphatic heterocycles. The molecule has 20 nitrogen and oxygen atoms in total. The number of carbonyl (C=O) groups is 8. The molecular weight excluding hydrogens is 1460 g/mol. The van der Waals surface area contributed by atoms with Gasteiger partial charge in [0, 0.05) is 91.7 Å². The number of rotatable bonds is 28. The molecule has 8 bridgehead atoms. The lowest BCUT2D eigenvalue weighted by Gasteiger charge is -2.30. The molecule has 17 rings (SSSR count). The largest absolute Gasteiger partial charge is 0.493 e. The molecule has 0 unspecified atom stereocenters. The van der Waals surface area contributed by atoms with Crippen LogP contribution in [0.2, 0.25) is 0 Å². The van der Waals surface area contributed by atoms with Gasteiger partial charge in [-0.1, -0.05) is 176 Å². The summed E-state index contributed by atoms with van der Waals surface area (Å²) in [6, 6.07) is 58.1. The minimum atomic E-state index is -0.567. The monoisotopic (exact) mass is 1540 g/mol. The van der Waals surface area contributed by atoms with E-state index in [1.807, 2.05) is 97.1 Å². The Balaban J connectivity index is 0.918. The highest BCUT2D eigenvalue weighted by molar-refractivity contribution is 6.29. The summed E-state index contributed by atoms with van der Waals surface area (Å²) in [4.78, 5) is 121. The maximum Gasteiger partial charge on any atom is 0.280 e. The Morgan fingerprint density at radius 1 is 0.241 bits per heavy atom. The van der Waals surface area contributed by atoms with E-state index >= 15 is 38.4 Å². The van der Waals surface area contributed by atoms with Crippen LogP contribution in [0, 0.1) is 0 Å². The van der Waals surface area contributed by atoms with Crippen LogP contribution in [-0.4, -0.2) is 93.7 Å². The molecule has 4 N–H and O–H groups in total. The van der Waals surface area contributed by atoms with Crippen molar-refractivity contribution in [1.29, 1.82) is 0 Å². The van der Waals surface area contributed by atoms with Gasteiger partial charge >= 0.3 is 0 Å². The number of ether oxygens (including phenoxy) is 4. The number of carbonyl (C=O) groups excluding carboxylic acids is 8. The Morgan fingerprint density at radius 2 is 0.405 bits per heavy atom. The second-order valence-electron chi connectivity index (χ2n) is 30.5. The van der Waals surface area contributed by atoms with E-state index in [9.17, 15) is 0 Å². The van der Waals surface area contributed by atoms with Crippen molar-refractivity contribution in [3.63, 3.8) is 0 Å². The zero-order chi connectivity index (χ0) is 79.8. The van der Waals surface area contributed by atoms with Crippen LogP contribution in [0.5, 0.6) is 23.0 Å². The van der Waals surface area contributed by atoms with Crippen LogP contribution in [0.3, 0.4) is 0 Å². The second-order valence-corrected chi connectivity index (χ2v) is 30.5. The van der Waals surface area contributed by atoms with E-state index in [4.69, 9.17) is 18.9 Å². The van der Waals surface area contributed by atoms with E-state index in [1.165, 1.54) is 0 Å². The quantitative estimate of drug-likeness (QED) is 0.0264. The molecule has 12 aromatic carbocycles. The number of anilines is 4. The van der Waals surface area contributed by atoms with Crippen molar-refractivity contribution < 1.29 is 57.3 Å². The summed E-state index contributed by atoms with van der Waals surface area (Å²) in [7, 11) is 0. The molecule has 20 heteroatoms. The van der Waals surface area contributed by atoms with Crippen molar-refractivity contribution in [3.8, 4) is 23.0 Å². The molecule has 0 aromatic heterocycles. The molecule has 5 aliphatic rings. The number of benzene rings is 12. The van der Waals surface area contributed by atoms with Crippen molar-refractivity contribution in [1.82, 2.24) is 20.0 Å². The predicted octanol–water partition coefficient (Wildman–Crippen LogP) is 19.7. The second kappa shape index (κ2) is 32.3. The van der Waals surface area contributed by atoms with Gasteiger partial charge < -0.3 is 18.9 Å². The highest BCUT2D eigenvalue weighted by atomic mass is 16.5. The third kappa shape index (κ3) is 14.1. The molecule has 1 aliphatic carbocycles. The fourth-order valence-electron chi connectivity index (χ4n) is 17.0. The van der Waals surface area contributed by atoms with E-state index in [0.717, 1.165) is 92.9 Å². The topological polar surface area (TPSA) is 235 Å². The summed E-state index contributed by atoms with van der Waals surface area (Å²) in [6.07, 6.45) is 9.69. The number of imide groups is 4. The van der Waals surface area contributed by atoms with E-state index in [2.05, 4.69) is 49.4 Å². The highest BCUT2D eigenvalue weighted by Gasteiger charge is 2.39. The first-order valence-electron chi connectivity index (χ1n) is 40.5. The van der Waals surface area contributed by atoms with Gasteiger partial charge in [-0.3, -0.25) is 60.1 Å². The fourth-order valence-corrected chi connectivity index (χ4v) is 17.0. The maximum atomic E-state index is 15.2. The molecule has 4 heterocycles. The van der Waals surface area contributed by atoms with E-state index in [0.29, 0.717) is 182 Å². The van der Waals surface area contributed by atoms with Gasteiger partial charge in [0.2, 0.25) is 0 Å². The summed E-state index contributed by atoms with van der Waals surface area (Å²) >= 11 is 0. The molecule has 584 valence electrons. The molecule has 116 heavy (non-hydrogen) atoms. The molecule has 8 amide bonds. The van der Waals surface area contributed by atoms with Crippen LogP contribution < -0.4 is 40.7 Å². The van der Waals surface area contributed by atoms with Gasteiger partial charge in [-0.25, -0.2) is 0 Å². The van der Waals surface area contributed by atoms with Crippen LogP contribution in [0.1, 0.15) is 232 Å². The number of nitrogens with one attached hydrogen (secondary N) is 4. The first kappa shape index (κ1) is 75.3. The van der Waals surface area contributed by atoms with Crippen molar-refractivity contribution in [3.05, 3.63) is 283 Å². The van der Waals surface area contributed by atoms with Crippen molar-refractivity contribution in [2.24, 2.45) is 0 Å². The van der Waals surface area contributed by atoms with E-state index in [1.54, 1.807) is 97.1 Å². The van der Waals surface area contributed by atoms with Gasteiger partial charge in [0.1, 0.15) is 23.0 Å². The molecule has 0 radical (unpaired) electrons. The third-order valence-corrected chi connectivity index (χ3v) is 22.5. The van der Waals surface area contributed by atoms with Gasteiger partial charge in [-0.05, 0) is 144 Å². The van der Waals surface area contributed by atoms with Crippen molar-refractivity contribution in [2.75, 3.05) is 48.1 Å². The lowest BCUT2D eigenvalue weighted by atomic mass is 9.90. The zero-order valence-electron chi connectivity index (χ0n) is 65.3. The summed E-state index contributed by atoms with van der Waals surface area (Å²) in [5, 5.41) is 9.37. The summed E-state index contributed by atoms with van der Waals surface area (Å²) in [6.45, 7) is 9.57. The number of unbranched alkanes of at least 4 members (excludes halogenated alkanes) is 8. The zero-order valence-corrected chi connectivity index (χ0v) is 65.3. The van der Waals surface area contributed by atoms with Gasteiger partial charge in [0.15, 0.2) is 0 Å². The molecule has 0 saturated heterocycles. The van der Waals surface area contributed by atoms with Gasteiger partial charge in [-0.2, -0.15) is 20.0 Å². The number of nitrogens with zero attached hydrogens (tertiary/aromatic N) is 4. The Hall–Kier alpha value is -13.4.